The van der Waals surface area contributed by atoms with Crippen molar-refractivity contribution in [3.63, 3.8) is 0 Å². The zero-order valence-corrected chi connectivity index (χ0v) is 30.0. The van der Waals surface area contributed by atoms with E-state index in [9.17, 15) is 9.59 Å². The van der Waals surface area contributed by atoms with Gasteiger partial charge >= 0.3 is 0 Å². The average molecular weight is 593 g/mol. The van der Waals surface area contributed by atoms with Crippen molar-refractivity contribution in [1.82, 2.24) is 9.80 Å². The summed E-state index contributed by atoms with van der Waals surface area (Å²) in [5.41, 5.74) is 0. The van der Waals surface area contributed by atoms with Gasteiger partial charge in [-0.2, -0.15) is 0 Å². The summed E-state index contributed by atoms with van der Waals surface area (Å²) in [5, 5.41) is 0. The van der Waals surface area contributed by atoms with E-state index in [4.69, 9.17) is 0 Å². The molecule has 250 valence electrons. The maximum Gasteiger partial charge on any atom is 0.222 e. The highest BCUT2D eigenvalue weighted by atomic mass is 16.2. The Balaban J connectivity index is 5.27. The molecule has 0 rings (SSSR count). The van der Waals surface area contributed by atoms with Crippen LogP contribution in [0, 0.1) is 23.7 Å². The van der Waals surface area contributed by atoms with Gasteiger partial charge in [0.1, 0.15) is 0 Å². The van der Waals surface area contributed by atoms with Crippen LogP contribution in [0.15, 0.2) is 0 Å². The van der Waals surface area contributed by atoms with E-state index < -0.39 is 0 Å². The number of hydrogen-bond acceptors (Lipinski definition) is 2. The molecule has 0 aromatic rings. The van der Waals surface area contributed by atoms with Gasteiger partial charge in [0.2, 0.25) is 11.8 Å². The van der Waals surface area contributed by atoms with E-state index in [1.165, 1.54) is 77.0 Å². The second-order valence-corrected chi connectivity index (χ2v) is 13.5. The van der Waals surface area contributed by atoms with Crippen molar-refractivity contribution < 1.29 is 9.59 Å². The number of hydrogen-bond donors (Lipinski definition) is 0. The van der Waals surface area contributed by atoms with Crippen LogP contribution < -0.4 is 0 Å². The average Bonchev–Trinajstić information content (AvgIpc) is 3.01. The van der Waals surface area contributed by atoms with Gasteiger partial charge in [-0.15, -0.1) is 0 Å². The summed E-state index contributed by atoms with van der Waals surface area (Å²) in [7, 11) is 0. The van der Waals surface area contributed by atoms with Crippen molar-refractivity contribution in [1.29, 1.82) is 0 Å². The van der Waals surface area contributed by atoms with Crippen molar-refractivity contribution in [3.05, 3.63) is 0 Å². The Morgan fingerprint density at radius 1 is 0.405 bits per heavy atom. The number of amides is 2. The highest BCUT2D eigenvalue weighted by Gasteiger charge is 2.23. The predicted octanol–water partition coefficient (Wildman–Crippen LogP) is 11.1. The molecule has 4 unspecified atom stereocenters. The molecule has 2 amide bonds. The highest BCUT2D eigenvalue weighted by Crippen LogP contribution is 2.22. The number of carbonyl (C=O) groups excluding carboxylic acids is 2. The summed E-state index contributed by atoms with van der Waals surface area (Å²) < 4.78 is 0. The first kappa shape index (κ1) is 40.9. The van der Waals surface area contributed by atoms with Gasteiger partial charge in [0.05, 0.1) is 0 Å². The van der Waals surface area contributed by atoms with Crippen LogP contribution >= 0.6 is 0 Å². The third-order valence-corrected chi connectivity index (χ3v) is 9.82. The maximum absolute atomic E-state index is 13.6. The summed E-state index contributed by atoms with van der Waals surface area (Å²) in [4.78, 5) is 31.6. The molecule has 0 aromatic carbocycles. The molecule has 0 saturated heterocycles. The zero-order valence-electron chi connectivity index (χ0n) is 30.0. The first-order chi connectivity index (χ1) is 20.3. The number of carbonyl (C=O) groups is 2. The Morgan fingerprint density at radius 3 is 0.833 bits per heavy atom. The van der Waals surface area contributed by atoms with Crippen molar-refractivity contribution in [2.24, 2.45) is 23.7 Å². The van der Waals surface area contributed by atoms with Crippen LogP contribution in [0.4, 0.5) is 0 Å². The zero-order chi connectivity index (χ0) is 31.6. The van der Waals surface area contributed by atoms with Gasteiger partial charge in [0.15, 0.2) is 0 Å². The van der Waals surface area contributed by atoms with Crippen LogP contribution in [-0.4, -0.2) is 47.8 Å². The quantitative estimate of drug-likeness (QED) is 0.0810. The number of unbranched alkanes of at least 4 members (excludes halogenated alkanes) is 5. The molecule has 0 saturated carbocycles. The fourth-order valence-electron chi connectivity index (χ4n) is 6.34. The molecule has 42 heavy (non-hydrogen) atoms. The molecule has 0 aliphatic rings. The Bertz CT molecular complexity index is 547. The van der Waals surface area contributed by atoms with Crippen LogP contribution in [0.25, 0.3) is 0 Å². The van der Waals surface area contributed by atoms with Gasteiger partial charge in [-0.3, -0.25) is 9.59 Å². The van der Waals surface area contributed by atoms with Gasteiger partial charge in [0.25, 0.3) is 0 Å². The topological polar surface area (TPSA) is 40.6 Å². The minimum absolute atomic E-state index is 0.320. The Kier molecular flexibility index (Phi) is 26.8. The van der Waals surface area contributed by atoms with Gasteiger partial charge in [-0.05, 0) is 62.2 Å². The molecule has 4 nitrogen and oxygen atoms in total. The molecule has 0 aromatic heterocycles. The SMILES string of the molecule is CCCCC(CC)CN(CC(CC)CCCC)C(=O)CCCCC(=O)N(CC(CC)CCCC)CC(CC)CCCC. The molecule has 0 heterocycles. The van der Waals surface area contributed by atoms with E-state index in [-0.39, 0.29) is 0 Å². The Hall–Kier alpha value is -1.06. The van der Waals surface area contributed by atoms with E-state index in [0.717, 1.165) is 64.7 Å². The lowest BCUT2D eigenvalue weighted by molar-refractivity contribution is -0.134. The lowest BCUT2D eigenvalue weighted by Gasteiger charge is -2.31. The first-order valence-electron chi connectivity index (χ1n) is 18.9. The molecule has 4 atom stereocenters. The highest BCUT2D eigenvalue weighted by molar-refractivity contribution is 5.77. The molecular formula is C38H76N2O2. The molecule has 0 aliphatic carbocycles. The number of rotatable bonds is 29. The third-order valence-electron chi connectivity index (χ3n) is 9.82. The normalized spacial score (nSPS) is 14.4. The van der Waals surface area contributed by atoms with Crippen molar-refractivity contribution in [3.8, 4) is 0 Å². The molecule has 0 N–H and O–H groups in total. The van der Waals surface area contributed by atoms with Crippen molar-refractivity contribution in [2.45, 2.75) is 184 Å². The Morgan fingerprint density at radius 2 is 0.643 bits per heavy atom. The summed E-state index contributed by atoms with van der Waals surface area (Å²) in [6.07, 6.45) is 22.2. The number of nitrogens with zero attached hydrogens (tertiary/aromatic N) is 2. The van der Waals surface area contributed by atoms with Gasteiger partial charge < -0.3 is 9.80 Å². The minimum Gasteiger partial charge on any atom is -0.342 e. The van der Waals surface area contributed by atoms with E-state index in [1.807, 2.05) is 0 Å². The molecule has 0 spiro atoms. The maximum atomic E-state index is 13.6. The summed E-state index contributed by atoms with van der Waals surface area (Å²) in [6.45, 7) is 21.8. The predicted molar refractivity (Wildman–Crippen MR) is 185 cm³/mol. The van der Waals surface area contributed by atoms with Gasteiger partial charge in [-0.25, -0.2) is 0 Å². The van der Waals surface area contributed by atoms with Crippen LogP contribution in [0.5, 0.6) is 0 Å². The molecule has 0 bridgehead atoms. The summed E-state index contributed by atoms with van der Waals surface area (Å²) in [6, 6.07) is 0. The van der Waals surface area contributed by atoms with Crippen LogP contribution in [0.1, 0.15) is 184 Å². The van der Waals surface area contributed by atoms with Crippen molar-refractivity contribution in [2.75, 3.05) is 26.2 Å². The van der Waals surface area contributed by atoms with Crippen LogP contribution in [0.3, 0.4) is 0 Å². The molecule has 4 heteroatoms. The fourth-order valence-corrected chi connectivity index (χ4v) is 6.34. The van der Waals surface area contributed by atoms with Gasteiger partial charge in [0, 0.05) is 39.0 Å². The molecule has 0 radical (unpaired) electrons. The second-order valence-electron chi connectivity index (χ2n) is 13.5. The van der Waals surface area contributed by atoms with Crippen LogP contribution in [-0.2, 0) is 9.59 Å². The standard InChI is InChI=1S/C38H76N2O2/c1-9-17-23-33(13-5)29-39(30-34(14-6)24-18-10-2)37(41)27-21-22-28-38(42)40(31-35(15-7)25-19-11-3)32-36(16-8)26-20-12-4/h33-36H,9-32H2,1-8H3. The third kappa shape index (κ3) is 19.3. The van der Waals surface area contributed by atoms with Crippen LogP contribution in [0.2, 0.25) is 0 Å². The molecular weight excluding hydrogens is 516 g/mol. The summed E-state index contributed by atoms with van der Waals surface area (Å²) >= 11 is 0. The molecule has 0 fully saturated rings. The fraction of sp³-hybridized carbons (Fsp3) is 0.947. The smallest absolute Gasteiger partial charge is 0.222 e. The first-order valence-corrected chi connectivity index (χ1v) is 18.9. The van der Waals surface area contributed by atoms with E-state index in [2.05, 4.69) is 65.2 Å². The summed E-state index contributed by atoms with van der Waals surface area (Å²) in [5.74, 6) is 3.05. The largest absolute Gasteiger partial charge is 0.342 e. The van der Waals surface area contributed by atoms with Gasteiger partial charge in [-0.1, -0.05) is 132 Å². The molecule has 0 aliphatic heterocycles. The van der Waals surface area contributed by atoms with Crippen molar-refractivity contribution >= 4 is 11.8 Å². The lowest BCUT2D eigenvalue weighted by Crippen LogP contribution is -2.39. The van der Waals surface area contributed by atoms with E-state index in [1.54, 1.807) is 0 Å². The second kappa shape index (κ2) is 27.5. The minimum atomic E-state index is 0.320. The van der Waals surface area contributed by atoms with E-state index >= 15 is 0 Å². The monoisotopic (exact) mass is 593 g/mol. The lowest BCUT2D eigenvalue weighted by atomic mass is 9.95. The van der Waals surface area contributed by atoms with E-state index in [0.29, 0.717) is 48.3 Å². The Labute approximate surface area is 264 Å².